The Balaban J connectivity index is 3.07. The average molecular weight is 498 g/mol. The van der Waals surface area contributed by atoms with Gasteiger partial charge in [0.05, 0.1) is 24.4 Å². The fourth-order valence-electron chi connectivity index (χ4n) is 2.93. The number of ether oxygens (including phenoxy) is 3. The van der Waals surface area contributed by atoms with E-state index >= 15 is 0 Å². The van der Waals surface area contributed by atoms with Gasteiger partial charge in [0.15, 0.2) is 0 Å². The average Bonchev–Trinajstić information content (AvgIpc) is 2.66. The Morgan fingerprint density at radius 2 is 1.59 bits per heavy atom. The molecule has 1 atom stereocenters. The number of aromatic carboxylic acids is 1. The van der Waals surface area contributed by atoms with Gasteiger partial charge in [0.1, 0.15) is 16.9 Å². The Labute approximate surface area is 204 Å². The number of nitrogens with one attached hydrogen (secondary N) is 1. The smallest absolute Gasteiger partial charge is 0.367 e. The molecule has 34 heavy (non-hydrogen) atoms. The van der Waals surface area contributed by atoms with Gasteiger partial charge in [0, 0.05) is 30.4 Å². The largest absolute Gasteiger partial charge is 0.487 e. The van der Waals surface area contributed by atoms with Crippen molar-refractivity contribution >= 4 is 19.2 Å². The van der Waals surface area contributed by atoms with Crippen LogP contribution in [0.25, 0.3) is 0 Å². The monoisotopic (exact) mass is 497 g/mol. The van der Waals surface area contributed by atoms with Crippen molar-refractivity contribution in [2.45, 2.75) is 91.6 Å². The van der Waals surface area contributed by atoms with Crippen LogP contribution < -0.4 is 9.82 Å². The summed E-state index contributed by atoms with van der Waals surface area (Å²) in [7, 11) is -3.75. The fraction of sp³-hybridized carbons (Fsp3) is 0.640. The molecule has 0 saturated carbocycles. The van der Waals surface area contributed by atoms with Gasteiger partial charge in [-0.25, -0.2) is 4.79 Å². The molecule has 192 valence electrons. The van der Waals surface area contributed by atoms with Crippen molar-refractivity contribution in [1.29, 1.82) is 0 Å². The summed E-state index contributed by atoms with van der Waals surface area (Å²) in [5.41, 5.74) is 1.01. The molecule has 0 spiro atoms. The van der Waals surface area contributed by atoms with Gasteiger partial charge in [-0.3, -0.25) is 9.09 Å². The van der Waals surface area contributed by atoms with E-state index in [0.717, 1.165) is 0 Å². The maximum Gasteiger partial charge on any atom is 0.367 e. The minimum absolute atomic E-state index is 0.0222. The summed E-state index contributed by atoms with van der Waals surface area (Å²) in [4.78, 5) is 11.8. The predicted octanol–water partition coefficient (Wildman–Crippen LogP) is 6.16. The first-order chi connectivity index (χ1) is 15.6. The number of rotatable bonds is 15. The van der Waals surface area contributed by atoms with Gasteiger partial charge in [0.25, 0.3) is 0 Å². The highest BCUT2D eigenvalue weighted by Gasteiger charge is 2.32. The van der Waals surface area contributed by atoms with E-state index in [0.29, 0.717) is 31.7 Å². The molecule has 0 heterocycles. The lowest BCUT2D eigenvalue weighted by Gasteiger charge is -2.30. The first-order valence-electron chi connectivity index (χ1n) is 11.4. The predicted molar refractivity (Wildman–Crippen MR) is 135 cm³/mol. The van der Waals surface area contributed by atoms with Crippen molar-refractivity contribution in [3.8, 4) is 17.8 Å². The molecule has 0 aliphatic carbocycles. The number of carboxylic acid groups (broad SMARTS) is 1. The Bertz CT molecular complexity index is 903. The number of terminal acetylenes is 1. The van der Waals surface area contributed by atoms with Crippen LogP contribution in [0.4, 0.5) is 5.69 Å². The summed E-state index contributed by atoms with van der Waals surface area (Å²) in [5, 5.41) is 12.4. The van der Waals surface area contributed by atoms with E-state index < -0.39 is 24.7 Å². The van der Waals surface area contributed by atoms with Crippen molar-refractivity contribution in [3.05, 3.63) is 23.8 Å². The first-order valence-corrected chi connectivity index (χ1v) is 13.1. The molecule has 1 unspecified atom stereocenters. The summed E-state index contributed by atoms with van der Waals surface area (Å²) in [6.45, 7) is 15.9. The van der Waals surface area contributed by atoms with Crippen LogP contribution in [0.2, 0.25) is 0 Å². The topological polar surface area (TPSA) is 103 Å². The number of hydrogen-bond acceptors (Lipinski definition) is 6. The lowest BCUT2D eigenvalue weighted by atomic mass is 10.1. The Morgan fingerprint density at radius 3 is 2.06 bits per heavy atom. The Kier molecular flexibility index (Phi) is 11.1. The quantitative estimate of drug-likeness (QED) is 0.219. The molecular weight excluding hydrogens is 457 g/mol. The second kappa shape index (κ2) is 12.6. The first kappa shape index (κ1) is 30.0. The van der Waals surface area contributed by atoms with E-state index in [-0.39, 0.29) is 23.5 Å². The van der Waals surface area contributed by atoms with Gasteiger partial charge >= 0.3 is 13.5 Å². The molecule has 0 aliphatic rings. The Hall–Kier alpha value is -2.04. The van der Waals surface area contributed by atoms with Crippen LogP contribution in [0.5, 0.6) is 5.75 Å². The molecule has 1 aromatic carbocycles. The molecule has 0 aliphatic heterocycles. The van der Waals surface area contributed by atoms with Crippen LogP contribution in [0.15, 0.2) is 18.2 Å². The summed E-state index contributed by atoms with van der Waals surface area (Å²) in [6, 6.07) is 4.33. The third-order valence-electron chi connectivity index (χ3n) is 4.73. The van der Waals surface area contributed by atoms with Crippen LogP contribution in [-0.4, -0.2) is 47.7 Å². The standard InChI is InChI=1S/C25H40NO7P/c1-10-34(29,33-25(8,9)14-16-31-19(4)5)26-20-11-12-21(23(27)28)22(17-20)32-24(6,7)13-15-30-18(2)3/h1,11-12,17-19H,13-16H2,2-9H3,(H,26,29)(H,27,28). The van der Waals surface area contributed by atoms with Crippen LogP contribution in [-0.2, 0) is 18.6 Å². The highest BCUT2D eigenvalue weighted by atomic mass is 31.2. The maximum absolute atomic E-state index is 13.3. The summed E-state index contributed by atoms with van der Waals surface area (Å²) in [6.07, 6.45) is 6.74. The van der Waals surface area contributed by atoms with Crippen LogP contribution >= 0.6 is 7.52 Å². The summed E-state index contributed by atoms with van der Waals surface area (Å²) < 4.78 is 36.3. The van der Waals surface area contributed by atoms with Crippen molar-refractivity contribution < 1.29 is 33.2 Å². The van der Waals surface area contributed by atoms with E-state index in [4.69, 9.17) is 25.2 Å². The Morgan fingerprint density at radius 1 is 1.06 bits per heavy atom. The van der Waals surface area contributed by atoms with Crippen LogP contribution in [0, 0.1) is 12.1 Å². The molecule has 0 amide bonds. The molecule has 0 fully saturated rings. The van der Waals surface area contributed by atoms with E-state index in [1.807, 2.05) is 41.5 Å². The molecule has 0 radical (unpaired) electrons. The molecule has 0 aromatic heterocycles. The molecule has 1 rings (SSSR count). The van der Waals surface area contributed by atoms with E-state index in [2.05, 4.69) is 10.7 Å². The van der Waals surface area contributed by atoms with Crippen molar-refractivity contribution in [2.24, 2.45) is 0 Å². The minimum Gasteiger partial charge on any atom is -0.487 e. The van der Waals surface area contributed by atoms with Crippen molar-refractivity contribution in [1.82, 2.24) is 0 Å². The summed E-state index contributed by atoms with van der Waals surface area (Å²) >= 11 is 0. The lowest BCUT2D eigenvalue weighted by Crippen LogP contribution is -2.31. The van der Waals surface area contributed by atoms with Gasteiger partial charge in [-0.2, -0.15) is 0 Å². The molecule has 0 saturated heterocycles. The normalized spacial score (nSPS) is 14.0. The SMILES string of the molecule is C#CP(=O)(Nc1ccc(C(=O)O)c(OC(C)(C)CCOC(C)C)c1)OC(C)(C)CCOC(C)C. The third-order valence-corrected chi connectivity index (χ3v) is 6.37. The molecule has 1 aromatic rings. The second-order valence-corrected chi connectivity index (χ2v) is 11.6. The van der Waals surface area contributed by atoms with E-state index in [1.54, 1.807) is 13.8 Å². The molecule has 0 bridgehead atoms. The number of benzene rings is 1. The van der Waals surface area contributed by atoms with Gasteiger partial charge in [-0.05, 0) is 73.9 Å². The van der Waals surface area contributed by atoms with E-state index in [9.17, 15) is 14.5 Å². The number of carbonyl (C=O) groups is 1. The second-order valence-electron chi connectivity index (χ2n) is 9.86. The molecule has 2 N–H and O–H groups in total. The zero-order valence-corrected chi connectivity index (χ0v) is 22.5. The number of hydrogen-bond donors (Lipinski definition) is 2. The zero-order chi connectivity index (χ0) is 26.2. The van der Waals surface area contributed by atoms with Crippen molar-refractivity contribution in [2.75, 3.05) is 18.3 Å². The van der Waals surface area contributed by atoms with Gasteiger partial charge in [0.2, 0.25) is 0 Å². The third kappa shape index (κ3) is 10.9. The van der Waals surface area contributed by atoms with Crippen LogP contribution in [0.3, 0.4) is 0 Å². The van der Waals surface area contributed by atoms with Gasteiger partial charge in [-0.15, -0.1) is 6.42 Å². The zero-order valence-electron chi connectivity index (χ0n) is 21.6. The highest BCUT2D eigenvalue weighted by Crippen LogP contribution is 2.50. The molecule has 9 heteroatoms. The summed E-state index contributed by atoms with van der Waals surface area (Å²) in [5.74, 6) is -1.02. The highest BCUT2D eigenvalue weighted by molar-refractivity contribution is 7.65. The van der Waals surface area contributed by atoms with Gasteiger partial charge in [-0.1, -0.05) is 0 Å². The molecular formula is C25H40NO7P. The van der Waals surface area contributed by atoms with Gasteiger partial charge < -0.3 is 24.4 Å². The number of anilines is 1. The molecule has 8 nitrogen and oxygen atoms in total. The number of carboxylic acids is 1. The maximum atomic E-state index is 13.3. The van der Waals surface area contributed by atoms with E-state index in [1.165, 1.54) is 18.2 Å². The minimum atomic E-state index is -3.75. The van der Waals surface area contributed by atoms with Crippen molar-refractivity contribution in [3.63, 3.8) is 0 Å². The van der Waals surface area contributed by atoms with Crippen LogP contribution in [0.1, 0.15) is 78.6 Å². The fourth-order valence-corrected chi connectivity index (χ4v) is 4.36. The lowest BCUT2D eigenvalue weighted by molar-refractivity contribution is 0.0224.